The summed E-state index contributed by atoms with van der Waals surface area (Å²) in [6, 6.07) is 21.0. The van der Waals surface area contributed by atoms with Gasteiger partial charge in [0.1, 0.15) is 0 Å². The van der Waals surface area contributed by atoms with Crippen LogP contribution in [-0.2, 0) is 4.43 Å². The number of aliphatic hydroxyl groups excluding tert-OH is 1. The second kappa shape index (κ2) is 7.91. The minimum Gasteiger partial charge on any atom is -0.402 e. The van der Waals surface area contributed by atoms with Crippen LogP contribution in [0.5, 0.6) is 0 Å². The molecule has 0 amide bonds. The van der Waals surface area contributed by atoms with Crippen LogP contribution in [-0.4, -0.2) is 26.1 Å². The zero-order valence-electron chi connectivity index (χ0n) is 15.9. The lowest BCUT2D eigenvalue weighted by atomic mass is 10.2. The van der Waals surface area contributed by atoms with Gasteiger partial charge in [-0.25, -0.2) is 0 Å². The maximum atomic E-state index is 9.55. The molecule has 0 spiro atoms. The van der Waals surface area contributed by atoms with Crippen molar-refractivity contribution in [2.24, 2.45) is 0 Å². The Morgan fingerprint density at radius 1 is 1.00 bits per heavy atom. The van der Waals surface area contributed by atoms with Gasteiger partial charge in [-0.3, -0.25) is 0 Å². The molecule has 2 aromatic carbocycles. The first kappa shape index (κ1) is 17.9. The van der Waals surface area contributed by atoms with E-state index in [1.807, 2.05) is 19.1 Å². The van der Waals surface area contributed by atoms with E-state index < -0.39 is 8.32 Å². The molecule has 0 aliphatic rings. The van der Waals surface area contributed by atoms with Crippen molar-refractivity contribution in [2.75, 3.05) is 6.61 Å². The lowest BCUT2D eigenvalue weighted by Crippen LogP contribution is -2.67. The Kier molecular flexibility index (Phi) is 6.16. The minimum absolute atomic E-state index is 0.0322. The van der Waals surface area contributed by atoms with Gasteiger partial charge < -0.3 is 9.53 Å². The molecule has 3 heteroatoms. The van der Waals surface area contributed by atoms with Crippen LogP contribution in [0, 0.1) is 0 Å². The first-order chi connectivity index (χ1) is 11.4. The third-order valence-corrected chi connectivity index (χ3v) is 9.21. The van der Waals surface area contributed by atoms with Crippen LogP contribution < -0.4 is 10.4 Å². The molecule has 0 saturated heterocycles. The SMILES string of the molecule is C[C@@H](CO)O[Si](c1ccccc1)(c1ccccc1)C(C)(C)C.[3H]C. The van der Waals surface area contributed by atoms with Crippen molar-refractivity contribution in [3.05, 3.63) is 60.7 Å². The molecule has 2 nitrogen and oxygen atoms in total. The van der Waals surface area contributed by atoms with Crippen LogP contribution in [0.2, 0.25) is 5.04 Å². The van der Waals surface area contributed by atoms with Crippen LogP contribution in [0.3, 0.4) is 0 Å². The van der Waals surface area contributed by atoms with Gasteiger partial charge in [-0.1, -0.05) is 88.8 Å². The molecule has 23 heavy (non-hydrogen) atoms. The number of rotatable bonds is 5. The zero-order chi connectivity index (χ0) is 18.2. The minimum atomic E-state index is -2.49. The summed E-state index contributed by atoms with van der Waals surface area (Å²) in [6.45, 7) is 8.69. The standard InChI is InChI=1S/C19H26O2Si.CH4/c1-16(15-20)21-22(19(2,3)4,17-11-7-5-8-12-17)18-13-9-6-10-14-18;/h5-14,16,20H,15H2,1-4H3;1H4/t16-;/m0./s1/i;1T. The van der Waals surface area contributed by atoms with Crippen LogP contribution in [0.1, 0.15) is 36.5 Å². The van der Waals surface area contributed by atoms with Gasteiger partial charge in [-0.15, -0.1) is 0 Å². The molecule has 0 unspecified atom stereocenters. The summed E-state index contributed by atoms with van der Waals surface area (Å²) in [5, 5.41) is 12.0. The molecule has 126 valence electrons. The molecule has 0 aliphatic carbocycles. The maximum Gasteiger partial charge on any atom is 0.261 e. The average Bonchev–Trinajstić information content (AvgIpc) is 2.61. The molecule has 2 aromatic rings. The summed E-state index contributed by atoms with van der Waals surface area (Å²) >= 11 is 0. The maximum absolute atomic E-state index is 9.55. The number of aliphatic hydroxyl groups is 1. The van der Waals surface area contributed by atoms with E-state index in [0.717, 1.165) is 0 Å². The second-order valence-corrected chi connectivity index (χ2v) is 11.0. The van der Waals surface area contributed by atoms with E-state index in [2.05, 4.69) is 69.3 Å². The van der Waals surface area contributed by atoms with Gasteiger partial charge in [0.05, 0.1) is 12.7 Å². The summed E-state index contributed by atoms with van der Waals surface area (Å²) in [5.74, 6) is 0. The predicted octanol–water partition coefficient (Wildman–Crippen LogP) is 3.58. The van der Waals surface area contributed by atoms with Crippen molar-refractivity contribution < 1.29 is 10.9 Å². The summed E-state index contributed by atoms with van der Waals surface area (Å²) in [6.07, 6.45) is -0.189. The Balaban J connectivity index is 0.00000139. The predicted molar refractivity (Wildman–Crippen MR) is 102 cm³/mol. The quantitative estimate of drug-likeness (QED) is 0.848. The summed E-state index contributed by atoms with van der Waals surface area (Å²) in [5.41, 5.74) is 0. The second-order valence-electron chi connectivity index (χ2n) is 6.77. The van der Waals surface area contributed by atoms with Gasteiger partial charge in [0.15, 0.2) is 0 Å². The van der Waals surface area contributed by atoms with Crippen LogP contribution >= 0.6 is 0 Å². The smallest absolute Gasteiger partial charge is 0.261 e. The fourth-order valence-corrected chi connectivity index (χ4v) is 7.72. The Bertz CT molecular complexity index is 542. The van der Waals surface area contributed by atoms with Gasteiger partial charge in [-0.05, 0) is 22.3 Å². The van der Waals surface area contributed by atoms with Crippen molar-refractivity contribution in [2.45, 2.75) is 46.2 Å². The van der Waals surface area contributed by atoms with E-state index in [4.69, 9.17) is 5.80 Å². The first-order valence-corrected chi connectivity index (χ1v) is 9.72. The Labute approximate surface area is 143 Å². The molecule has 0 radical (unpaired) electrons. The van der Waals surface area contributed by atoms with Crippen molar-refractivity contribution >= 4 is 18.7 Å². The van der Waals surface area contributed by atoms with E-state index in [-0.39, 0.29) is 17.7 Å². The number of hydrogen-bond acceptors (Lipinski definition) is 2. The van der Waals surface area contributed by atoms with Crippen LogP contribution in [0.15, 0.2) is 60.7 Å². The Hall–Kier alpha value is -1.42. The van der Waals surface area contributed by atoms with Crippen molar-refractivity contribution in [3.8, 4) is 0 Å². The molecule has 0 aromatic heterocycles. The topological polar surface area (TPSA) is 29.5 Å². The highest BCUT2D eigenvalue weighted by molar-refractivity contribution is 6.99. The Morgan fingerprint density at radius 2 is 1.39 bits per heavy atom. The normalized spacial score (nSPS) is 13.6. The van der Waals surface area contributed by atoms with E-state index in [1.165, 1.54) is 17.8 Å². The monoisotopic (exact) mass is 332 g/mol. The number of hydrogen-bond donors (Lipinski definition) is 1. The molecular formula is C20H30O2Si. The number of benzene rings is 2. The first-order valence-electron chi connectivity index (χ1n) is 8.81. The van der Waals surface area contributed by atoms with Crippen molar-refractivity contribution in [1.82, 2.24) is 0 Å². The zero-order valence-corrected chi connectivity index (χ0v) is 15.9. The molecule has 0 fully saturated rings. The molecule has 0 aliphatic heterocycles. The fraction of sp³-hybridized carbons (Fsp3) is 0.400. The van der Waals surface area contributed by atoms with E-state index in [0.29, 0.717) is 0 Å². The highest BCUT2D eigenvalue weighted by Gasteiger charge is 2.50. The van der Waals surface area contributed by atoms with Gasteiger partial charge in [0, 0.05) is 1.37 Å². The fourth-order valence-electron chi connectivity index (χ4n) is 3.03. The van der Waals surface area contributed by atoms with Crippen LogP contribution in [0.25, 0.3) is 0 Å². The average molecular weight is 333 g/mol. The van der Waals surface area contributed by atoms with E-state index >= 15 is 0 Å². The van der Waals surface area contributed by atoms with Crippen molar-refractivity contribution in [3.63, 3.8) is 0 Å². The van der Waals surface area contributed by atoms with Gasteiger partial charge in [0.25, 0.3) is 8.32 Å². The van der Waals surface area contributed by atoms with Crippen molar-refractivity contribution in [1.29, 1.82) is 0 Å². The molecule has 0 saturated carbocycles. The molecular weight excluding hydrogens is 300 g/mol. The van der Waals surface area contributed by atoms with E-state index in [1.54, 1.807) is 0 Å². The Morgan fingerprint density at radius 3 is 1.70 bits per heavy atom. The molecule has 0 heterocycles. The van der Waals surface area contributed by atoms with Gasteiger partial charge >= 0.3 is 0 Å². The summed E-state index contributed by atoms with van der Waals surface area (Å²) in [7, 11) is -1.24. The third kappa shape index (κ3) is 3.92. The lowest BCUT2D eigenvalue weighted by Gasteiger charge is -2.44. The summed E-state index contributed by atoms with van der Waals surface area (Å²) in [4.78, 5) is 0. The molecule has 0 bridgehead atoms. The van der Waals surface area contributed by atoms with Crippen LogP contribution in [0.4, 0.5) is 0 Å². The highest BCUT2D eigenvalue weighted by Crippen LogP contribution is 2.37. The summed E-state index contributed by atoms with van der Waals surface area (Å²) < 4.78 is 12.4. The third-order valence-electron chi connectivity index (χ3n) is 4.05. The lowest BCUT2D eigenvalue weighted by molar-refractivity contribution is 0.121. The van der Waals surface area contributed by atoms with E-state index in [9.17, 15) is 5.11 Å². The van der Waals surface area contributed by atoms with Gasteiger partial charge in [0.2, 0.25) is 0 Å². The molecule has 1 N–H and O–H groups in total. The molecule has 2 rings (SSSR count). The highest BCUT2D eigenvalue weighted by atomic mass is 28.4. The molecule has 1 atom stereocenters. The van der Waals surface area contributed by atoms with Gasteiger partial charge in [-0.2, -0.15) is 0 Å². The largest absolute Gasteiger partial charge is 0.402 e.